The highest BCUT2D eigenvalue weighted by molar-refractivity contribution is 7.92. The third kappa shape index (κ3) is 3.73. The molecule has 1 amide bonds. The lowest BCUT2D eigenvalue weighted by molar-refractivity contribution is 0.0950. The number of rotatable bonds is 5. The number of sulfonamides is 1. The van der Waals surface area contributed by atoms with Crippen LogP contribution in [0.15, 0.2) is 78.0 Å². The summed E-state index contributed by atoms with van der Waals surface area (Å²) in [5.74, 6) is -0.325. The summed E-state index contributed by atoms with van der Waals surface area (Å²) in [6.07, 6.45) is 3.98. The number of carbonyl (C=O) groups excluding carboxylic acids is 1. The predicted molar refractivity (Wildman–Crippen MR) is 111 cm³/mol. The maximum absolute atomic E-state index is 13.3. The van der Waals surface area contributed by atoms with Gasteiger partial charge in [0.1, 0.15) is 0 Å². The molecule has 0 bridgehead atoms. The maximum atomic E-state index is 13.3. The van der Waals surface area contributed by atoms with Gasteiger partial charge in [0.15, 0.2) is 0 Å². The summed E-state index contributed by atoms with van der Waals surface area (Å²) < 4.78 is 28.2. The van der Waals surface area contributed by atoms with E-state index >= 15 is 0 Å². The minimum atomic E-state index is -3.78. The van der Waals surface area contributed by atoms with Gasteiger partial charge in [-0.3, -0.25) is 14.1 Å². The van der Waals surface area contributed by atoms with Gasteiger partial charge in [0.05, 0.1) is 10.6 Å². The summed E-state index contributed by atoms with van der Waals surface area (Å²) in [4.78, 5) is 16.6. The number of anilines is 1. The number of para-hydroxylation sites is 1. The third-order valence-corrected chi connectivity index (χ3v) is 6.92. The number of amides is 1. The van der Waals surface area contributed by atoms with Crippen LogP contribution in [0.5, 0.6) is 0 Å². The average Bonchev–Trinajstić information content (AvgIpc) is 3.09. The second-order valence-electron chi connectivity index (χ2n) is 7.05. The lowest BCUT2D eigenvalue weighted by Gasteiger charge is -2.24. The standard InChI is InChI=1S/C22H21N3O3S/c1-16-13-18-5-2-3-8-21(18)25(16)29(27,28)20-7-4-6-19(14-20)22(26)24-15-17-9-11-23-12-10-17/h2-12,14,16H,13,15H2,1H3,(H,24,26)/t16-/m0/s1. The van der Waals surface area contributed by atoms with E-state index in [4.69, 9.17) is 0 Å². The van der Waals surface area contributed by atoms with Gasteiger partial charge in [-0.1, -0.05) is 24.3 Å². The molecular formula is C22H21N3O3S. The van der Waals surface area contributed by atoms with Gasteiger partial charge in [-0.05, 0) is 60.9 Å². The number of nitrogens with zero attached hydrogens (tertiary/aromatic N) is 2. The monoisotopic (exact) mass is 407 g/mol. The zero-order valence-corrected chi connectivity index (χ0v) is 16.8. The van der Waals surface area contributed by atoms with Crippen LogP contribution in [0, 0.1) is 0 Å². The van der Waals surface area contributed by atoms with E-state index in [-0.39, 0.29) is 16.8 Å². The molecule has 1 aromatic heterocycles. The number of pyridine rings is 1. The Morgan fingerprint density at radius 2 is 1.86 bits per heavy atom. The van der Waals surface area contributed by atoms with E-state index in [0.29, 0.717) is 24.2 Å². The number of aromatic nitrogens is 1. The first-order chi connectivity index (χ1) is 14.0. The first kappa shape index (κ1) is 19.1. The zero-order chi connectivity index (χ0) is 20.4. The molecule has 0 unspecified atom stereocenters. The van der Waals surface area contributed by atoms with E-state index in [9.17, 15) is 13.2 Å². The fraction of sp³-hybridized carbons (Fsp3) is 0.182. The molecule has 1 atom stereocenters. The Kier molecular flexibility index (Phi) is 5.07. The molecule has 29 heavy (non-hydrogen) atoms. The van der Waals surface area contributed by atoms with Gasteiger partial charge in [-0.15, -0.1) is 0 Å². The lowest BCUT2D eigenvalue weighted by atomic mass is 10.1. The van der Waals surface area contributed by atoms with Crippen LogP contribution in [0.3, 0.4) is 0 Å². The van der Waals surface area contributed by atoms with E-state index in [1.54, 1.807) is 24.5 Å². The van der Waals surface area contributed by atoms with Crippen LogP contribution in [-0.4, -0.2) is 25.4 Å². The highest BCUT2D eigenvalue weighted by atomic mass is 32.2. The second-order valence-corrected chi connectivity index (χ2v) is 8.86. The van der Waals surface area contributed by atoms with Crippen LogP contribution in [-0.2, 0) is 23.0 Å². The van der Waals surface area contributed by atoms with Crippen molar-refractivity contribution in [3.8, 4) is 0 Å². The molecule has 2 heterocycles. The van der Waals surface area contributed by atoms with Gasteiger partial charge < -0.3 is 5.32 Å². The van der Waals surface area contributed by atoms with Crippen LogP contribution in [0.2, 0.25) is 0 Å². The van der Waals surface area contributed by atoms with Gasteiger partial charge in [-0.2, -0.15) is 0 Å². The summed E-state index contributed by atoms with van der Waals surface area (Å²) in [5, 5.41) is 2.81. The van der Waals surface area contributed by atoms with E-state index in [2.05, 4.69) is 10.3 Å². The predicted octanol–water partition coefficient (Wildman–Crippen LogP) is 3.15. The van der Waals surface area contributed by atoms with Crippen molar-refractivity contribution in [1.29, 1.82) is 0 Å². The number of fused-ring (bicyclic) bond motifs is 1. The van der Waals surface area contributed by atoms with E-state index in [1.165, 1.54) is 16.4 Å². The lowest BCUT2D eigenvalue weighted by Crippen LogP contribution is -2.35. The van der Waals surface area contributed by atoms with Crippen LogP contribution in [0.4, 0.5) is 5.69 Å². The normalized spacial score (nSPS) is 15.8. The number of nitrogens with one attached hydrogen (secondary N) is 1. The van der Waals surface area contributed by atoms with E-state index in [1.807, 2.05) is 43.3 Å². The molecule has 1 aliphatic heterocycles. The van der Waals surface area contributed by atoms with Crippen molar-refractivity contribution in [2.24, 2.45) is 0 Å². The van der Waals surface area contributed by atoms with Crippen LogP contribution in [0.25, 0.3) is 0 Å². The summed E-state index contributed by atoms with van der Waals surface area (Å²) in [6.45, 7) is 2.23. The Balaban J connectivity index is 1.59. The first-order valence-electron chi connectivity index (χ1n) is 9.36. The van der Waals surface area contributed by atoms with Gasteiger partial charge in [0.2, 0.25) is 0 Å². The largest absolute Gasteiger partial charge is 0.348 e. The van der Waals surface area contributed by atoms with Crippen LogP contribution < -0.4 is 9.62 Å². The zero-order valence-electron chi connectivity index (χ0n) is 15.9. The SMILES string of the molecule is C[C@H]1Cc2ccccc2N1S(=O)(=O)c1cccc(C(=O)NCc2ccncc2)c1. The molecule has 0 aliphatic carbocycles. The molecule has 0 spiro atoms. The minimum absolute atomic E-state index is 0.109. The summed E-state index contributed by atoms with van der Waals surface area (Å²) in [7, 11) is -3.78. The Morgan fingerprint density at radius 3 is 2.66 bits per heavy atom. The van der Waals surface area contributed by atoms with Crippen LogP contribution >= 0.6 is 0 Å². The molecule has 3 aromatic rings. The summed E-state index contributed by atoms with van der Waals surface area (Å²) in [6, 6.07) is 17.1. The van der Waals surface area contributed by atoms with Crippen molar-refractivity contribution in [1.82, 2.24) is 10.3 Å². The Hall–Kier alpha value is -3.19. The molecule has 2 aromatic carbocycles. The number of carbonyl (C=O) groups is 1. The molecule has 0 radical (unpaired) electrons. The Labute approximate surface area is 170 Å². The van der Waals surface area contributed by atoms with Gasteiger partial charge in [-0.25, -0.2) is 8.42 Å². The smallest absolute Gasteiger partial charge is 0.264 e. The van der Waals surface area contributed by atoms with Crippen molar-refractivity contribution in [3.05, 3.63) is 89.7 Å². The maximum Gasteiger partial charge on any atom is 0.264 e. The van der Waals surface area contributed by atoms with Gasteiger partial charge in [0, 0.05) is 30.5 Å². The van der Waals surface area contributed by atoms with Crippen molar-refractivity contribution in [2.75, 3.05) is 4.31 Å². The molecule has 1 aliphatic rings. The van der Waals surface area contributed by atoms with Gasteiger partial charge in [0.25, 0.3) is 15.9 Å². The quantitative estimate of drug-likeness (QED) is 0.705. The fourth-order valence-electron chi connectivity index (χ4n) is 3.60. The number of hydrogen-bond donors (Lipinski definition) is 1. The molecule has 7 heteroatoms. The van der Waals surface area contributed by atoms with Crippen molar-refractivity contribution in [3.63, 3.8) is 0 Å². The molecule has 0 saturated carbocycles. The Bertz CT molecular complexity index is 1150. The highest BCUT2D eigenvalue weighted by Crippen LogP contribution is 2.36. The molecule has 1 N–H and O–H groups in total. The van der Waals surface area contributed by atoms with Crippen molar-refractivity contribution in [2.45, 2.75) is 30.8 Å². The molecule has 4 rings (SSSR count). The first-order valence-corrected chi connectivity index (χ1v) is 10.8. The summed E-state index contributed by atoms with van der Waals surface area (Å²) in [5.41, 5.74) is 2.93. The molecule has 148 valence electrons. The van der Waals surface area contributed by atoms with Crippen LogP contribution in [0.1, 0.15) is 28.4 Å². The molecule has 6 nitrogen and oxygen atoms in total. The van der Waals surface area contributed by atoms with E-state index in [0.717, 1.165) is 11.1 Å². The highest BCUT2D eigenvalue weighted by Gasteiger charge is 2.36. The van der Waals surface area contributed by atoms with Crippen molar-refractivity contribution >= 4 is 21.6 Å². The van der Waals surface area contributed by atoms with Gasteiger partial charge >= 0.3 is 0 Å². The third-order valence-electron chi connectivity index (χ3n) is 5.00. The fourth-order valence-corrected chi connectivity index (χ4v) is 5.34. The minimum Gasteiger partial charge on any atom is -0.348 e. The van der Waals surface area contributed by atoms with E-state index < -0.39 is 10.0 Å². The molecule has 0 fully saturated rings. The topological polar surface area (TPSA) is 79.4 Å². The second kappa shape index (κ2) is 7.67. The summed E-state index contributed by atoms with van der Waals surface area (Å²) >= 11 is 0. The Morgan fingerprint density at radius 1 is 1.10 bits per heavy atom. The van der Waals surface area contributed by atoms with Crippen molar-refractivity contribution < 1.29 is 13.2 Å². The molecule has 0 saturated heterocycles. The number of benzene rings is 2. The number of hydrogen-bond acceptors (Lipinski definition) is 4. The average molecular weight is 407 g/mol. The molecular weight excluding hydrogens is 386 g/mol.